The average Bonchev–Trinajstić information content (AvgIpc) is 3.48. The minimum absolute atomic E-state index is 0.173. The summed E-state index contributed by atoms with van der Waals surface area (Å²) in [5, 5.41) is 2.85. The van der Waals surface area contributed by atoms with Gasteiger partial charge in [-0.15, -0.1) is 0 Å². The second-order valence-electron chi connectivity index (χ2n) is 14.8. The van der Waals surface area contributed by atoms with Crippen molar-refractivity contribution in [2.75, 3.05) is 38.7 Å². The molecule has 2 aromatic carbocycles. The van der Waals surface area contributed by atoms with Crippen molar-refractivity contribution in [2.24, 2.45) is 17.6 Å². The molecule has 52 heavy (non-hydrogen) atoms. The van der Waals surface area contributed by atoms with E-state index >= 15 is 0 Å². The van der Waals surface area contributed by atoms with E-state index in [2.05, 4.69) is 25.2 Å². The second kappa shape index (κ2) is 16.9. The van der Waals surface area contributed by atoms with Crippen LogP contribution in [-0.2, 0) is 20.7 Å². The van der Waals surface area contributed by atoms with Gasteiger partial charge in [0, 0.05) is 48.9 Å². The molecule has 13 nitrogen and oxygen atoms in total. The van der Waals surface area contributed by atoms with Crippen LogP contribution in [0.3, 0.4) is 0 Å². The van der Waals surface area contributed by atoms with Crippen LogP contribution in [0.1, 0.15) is 58.4 Å². The van der Waals surface area contributed by atoms with Crippen molar-refractivity contribution >= 4 is 34.6 Å². The number of pyridine rings is 1. The van der Waals surface area contributed by atoms with Gasteiger partial charge in [0.05, 0.1) is 17.6 Å². The van der Waals surface area contributed by atoms with Crippen molar-refractivity contribution in [1.29, 1.82) is 0 Å². The lowest BCUT2D eigenvalue weighted by Gasteiger charge is -2.36. The highest BCUT2D eigenvalue weighted by Gasteiger charge is 2.36. The Morgan fingerprint density at radius 3 is 2.40 bits per heavy atom. The molecule has 0 saturated heterocycles. The molecule has 278 valence electrons. The summed E-state index contributed by atoms with van der Waals surface area (Å²) in [6, 6.07) is 15.7. The summed E-state index contributed by atoms with van der Waals surface area (Å²) in [6.45, 7) is 7.41. The molecule has 5 rings (SSSR count). The number of aromatic nitrogens is 3. The molecule has 2 aromatic heterocycles. The van der Waals surface area contributed by atoms with E-state index < -0.39 is 23.6 Å². The maximum atomic E-state index is 14.5. The van der Waals surface area contributed by atoms with Crippen molar-refractivity contribution in [3.05, 3.63) is 76.8 Å². The first kappa shape index (κ1) is 38.1. The monoisotopic (exact) mass is 713 g/mol. The summed E-state index contributed by atoms with van der Waals surface area (Å²) in [4.78, 5) is 65.6. The SMILES string of the molecule is CN(C)CCCOc1ccc(-c2cccc(C[C@@H](C(N)=O)N(c3ccc4[nH]c(=O)[nH]c4c3)C(=O)[C@H]3CC[C@H](CNC(=O)OC(C)(C)C)CC3)c2)cn1. The molecule has 1 aliphatic rings. The lowest BCUT2D eigenvalue weighted by molar-refractivity contribution is -0.127. The van der Waals surface area contributed by atoms with Crippen LogP contribution in [0.25, 0.3) is 22.2 Å². The van der Waals surface area contributed by atoms with Gasteiger partial charge in [0.25, 0.3) is 0 Å². The van der Waals surface area contributed by atoms with E-state index in [1.54, 1.807) is 24.4 Å². The number of anilines is 1. The molecule has 1 atom stereocenters. The van der Waals surface area contributed by atoms with Gasteiger partial charge in [-0.3, -0.25) is 14.5 Å². The highest BCUT2D eigenvalue weighted by atomic mass is 16.6. The fourth-order valence-corrected chi connectivity index (χ4v) is 6.60. The molecule has 2 heterocycles. The number of rotatable bonds is 14. The zero-order valence-corrected chi connectivity index (χ0v) is 30.7. The second-order valence-corrected chi connectivity index (χ2v) is 14.8. The fraction of sp³-hybridized carbons (Fsp3) is 0.462. The molecule has 13 heteroatoms. The molecule has 5 N–H and O–H groups in total. The van der Waals surface area contributed by atoms with Gasteiger partial charge in [-0.2, -0.15) is 0 Å². The number of ether oxygens (including phenoxy) is 2. The quantitative estimate of drug-likeness (QED) is 0.132. The number of nitrogens with two attached hydrogens (primary N) is 1. The van der Waals surface area contributed by atoms with E-state index in [-0.39, 0.29) is 29.9 Å². The van der Waals surface area contributed by atoms with Crippen LogP contribution >= 0.6 is 0 Å². The summed E-state index contributed by atoms with van der Waals surface area (Å²) in [6.07, 6.45) is 4.98. The van der Waals surface area contributed by atoms with Gasteiger partial charge in [0.1, 0.15) is 11.6 Å². The number of imidazole rings is 1. The van der Waals surface area contributed by atoms with Crippen LogP contribution in [0.2, 0.25) is 0 Å². The Morgan fingerprint density at radius 1 is 0.981 bits per heavy atom. The zero-order chi connectivity index (χ0) is 37.4. The zero-order valence-electron chi connectivity index (χ0n) is 30.7. The minimum Gasteiger partial charge on any atom is -0.478 e. The Hall–Kier alpha value is -5.17. The summed E-state index contributed by atoms with van der Waals surface area (Å²) < 4.78 is 11.2. The molecule has 0 spiro atoms. The number of benzene rings is 2. The van der Waals surface area contributed by atoms with E-state index in [0.717, 1.165) is 42.5 Å². The summed E-state index contributed by atoms with van der Waals surface area (Å²) in [5.41, 5.74) is 9.30. The molecule has 1 fully saturated rings. The summed E-state index contributed by atoms with van der Waals surface area (Å²) in [5.74, 6) is -0.466. The van der Waals surface area contributed by atoms with Crippen LogP contribution in [0.4, 0.5) is 10.5 Å². The molecule has 1 saturated carbocycles. The van der Waals surface area contributed by atoms with Gasteiger partial charge in [0.2, 0.25) is 17.7 Å². The molecular formula is C39H51N7O6. The molecule has 0 aliphatic heterocycles. The fourth-order valence-electron chi connectivity index (χ4n) is 6.60. The highest BCUT2D eigenvalue weighted by Crippen LogP contribution is 2.33. The molecule has 0 bridgehead atoms. The van der Waals surface area contributed by atoms with Crippen molar-refractivity contribution in [1.82, 2.24) is 25.2 Å². The van der Waals surface area contributed by atoms with Crippen LogP contribution in [-0.4, -0.2) is 83.2 Å². The Kier molecular flexibility index (Phi) is 12.4. The Bertz CT molecular complexity index is 1890. The lowest BCUT2D eigenvalue weighted by atomic mass is 9.81. The van der Waals surface area contributed by atoms with Gasteiger partial charge >= 0.3 is 11.8 Å². The number of amides is 3. The highest BCUT2D eigenvalue weighted by molar-refractivity contribution is 6.02. The Labute approximate surface area is 304 Å². The predicted molar refractivity (Wildman–Crippen MR) is 201 cm³/mol. The third kappa shape index (κ3) is 10.4. The van der Waals surface area contributed by atoms with Crippen LogP contribution < -0.4 is 26.4 Å². The number of carbonyl (C=O) groups excluding carboxylic acids is 3. The van der Waals surface area contributed by atoms with Crippen molar-refractivity contribution < 1.29 is 23.9 Å². The smallest absolute Gasteiger partial charge is 0.407 e. The number of hydrogen-bond acceptors (Lipinski definition) is 8. The standard InChI is InChI=1S/C39H51N7O6/c1-39(2,3)52-38(50)42-23-25-10-12-27(13-11-25)36(48)46(30-15-16-31-32(22-30)44-37(49)43-31)33(35(40)47)21-26-8-6-9-28(20-26)29-14-17-34(41-24-29)51-19-7-18-45(4)5/h6,8-9,14-17,20,22,24-25,27,33H,7,10-13,18-19,21,23H2,1-5H3,(H2,40,47)(H,42,50)(H2,43,44,49)/t25-,27-,33-/m0/s1. The van der Waals surface area contributed by atoms with Crippen molar-refractivity contribution in [3.8, 4) is 17.0 Å². The normalized spacial score (nSPS) is 16.7. The predicted octanol–water partition coefficient (Wildman–Crippen LogP) is 5.01. The number of nitrogens with zero attached hydrogens (tertiary/aromatic N) is 3. The number of alkyl carbamates (subject to hydrolysis) is 1. The number of fused-ring (bicyclic) bond motifs is 1. The van der Waals surface area contributed by atoms with Gasteiger partial charge in [-0.05, 0) is 108 Å². The van der Waals surface area contributed by atoms with E-state index in [0.29, 0.717) is 48.6 Å². The number of carbonyl (C=O) groups is 3. The molecular weight excluding hydrogens is 662 g/mol. The molecule has 4 aromatic rings. The Morgan fingerprint density at radius 2 is 1.73 bits per heavy atom. The molecule has 3 amide bonds. The number of H-pyrrole nitrogens is 2. The van der Waals surface area contributed by atoms with Crippen LogP contribution in [0, 0.1) is 11.8 Å². The third-order valence-corrected chi connectivity index (χ3v) is 9.21. The van der Waals surface area contributed by atoms with Crippen molar-refractivity contribution in [2.45, 2.75) is 70.9 Å². The van der Waals surface area contributed by atoms with Gasteiger partial charge in [-0.1, -0.05) is 24.3 Å². The lowest BCUT2D eigenvalue weighted by Crippen LogP contribution is -2.52. The van der Waals surface area contributed by atoms with E-state index in [1.165, 1.54) is 4.90 Å². The Balaban J connectivity index is 1.34. The molecule has 0 radical (unpaired) electrons. The van der Waals surface area contributed by atoms with E-state index in [9.17, 15) is 19.2 Å². The topological polar surface area (TPSA) is 176 Å². The van der Waals surface area contributed by atoms with Crippen molar-refractivity contribution in [3.63, 3.8) is 0 Å². The summed E-state index contributed by atoms with van der Waals surface area (Å²) in [7, 11) is 4.05. The van der Waals surface area contributed by atoms with Gasteiger partial charge in [-0.25, -0.2) is 14.6 Å². The minimum atomic E-state index is -1.01. The first-order valence-corrected chi connectivity index (χ1v) is 17.9. The number of hydrogen-bond donors (Lipinski definition) is 4. The number of primary amides is 1. The van der Waals surface area contributed by atoms with Gasteiger partial charge in [0.15, 0.2) is 0 Å². The number of nitrogens with one attached hydrogen (secondary N) is 3. The maximum absolute atomic E-state index is 14.5. The molecule has 0 unspecified atom stereocenters. The number of aromatic amines is 2. The van der Waals surface area contributed by atoms with Gasteiger partial charge < -0.3 is 35.4 Å². The average molecular weight is 714 g/mol. The van der Waals surface area contributed by atoms with Crippen LogP contribution in [0.5, 0.6) is 5.88 Å². The first-order valence-electron chi connectivity index (χ1n) is 17.9. The largest absolute Gasteiger partial charge is 0.478 e. The third-order valence-electron chi connectivity index (χ3n) is 9.21. The summed E-state index contributed by atoms with van der Waals surface area (Å²) >= 11 is 0. The van der Waals surface area contributed by atoms with Crippen LogP contribution in [0.15, 0.2) is 65.6 Å². The maximum Gasteiger partial charge on any atom is 0.407 e. The molecule has 1 aliphatic carbocycles. The first-order chi connectivity index (χ1) is 24.8. The van der Waals surface area contributed by atoms with E-state index in [4.69, 9.17) is 15.2 Å². The van der Waals surface area contributed by atoms with E-state index in [1.807, 2.05) is 71.3 Å².